The van der Waals surface area contributed by atoms with Crippen LogP contribution in [0.5, 0.6) is 5.75 Å². The summed E-state index contributed by atoms with van der Waals surface area (Å²) in [6.45, 7) is 3.24. The zero-order valence-electron chi connectivity index (χ0n) is 9.81. The van der Waals surface area contributed by atoms with Crippen molar-refractivity contribution in [3.05, 3.63) is 29.6 Å². The van der Waals surface area contributed by atoms with Gasteiger partial charge in [0.25, 0.3) is 5.91 Å². The van der Waals surface area contributed by atoms with E-state index in [1.54, 1.807) is 6.92 Å². The van der Waals surface area contributed by atoms with Gasteiger partial charge in [-0.1, -0.05) is 6.92 Å². The highest BCUT2D eigenvalue weighted by Crippen LogP contribution is 2.27. The normalized spacial score (nSPS) is 14.1. The number of hydrogen-bond acceptors (Lipinski definition) is 3. The quantitative estimate of drug-likeness (QED) is 0.821. The van der Waals surface area contributed by atoms with Gasteiger partial charge in [-0.15, -0.1) is 0 Å². The Labute approximate surface area is 99.2 Å². The molecule has 0 heterocycles. The van der Waals surface area contributed by atoms with Gasteiger partial charge in [-0.3, -0.25) is 4.79 Å². The molecule has 1 rings (SSSR count). The summed E-state index contributed by atoms with van der Waals surface area (Å²) in [5.41, 5.74) is 5.45. The fourth-order valence-electron chi connectivity index (χ4n) is 1.45. The van der Waals surface area contributed by atoms with Crippen molar-refractivity contribution in [1.82, 2.24) is 0 Å². The van der Waals surface area contributed by atoms with Crippen LogP contribution in [0.25, 0.3) is 0 Å². The third-order valence-corrected chi connectivity index (χ3v) is 2.38. The molecule has 0 radical (unpaired) electrons. The van der Waals surface area contributed by atoms with Gasteiger partial charge in [0.2, 0.25) is 0 Å². The molecule has 17 heavy (non-hydrogen) atoms. The summed E-state index contributed by atoms with van der Waals surface area (Å²) in [5, 5.41) is 9.49. The van der Waals surface area contributed by atoms with Crippen molar-refractivity contribution < 1.29 is 19.0 Å². The number of aliphatic hydroxyl groups is 1. The molecule has 0 aliphatic rings. The van der Waals surface area contributed by atoms with Gasteiger partial charge in [-0.2, -0.15) is 0 Å². The third kappa shape index (κ3) is 3.42. The second-order valence-electron chi connectivity index (χ2n) is 3.78. The zero-order valence-corrected chi connectivity index (χ0v) is 9.81. The van der Waals surface area contributed by atoms with Crippen LogP contribution < -0.4 is 10.5 Å². The van der Waals surface area contributed by atoms with E-state index in [9.17, 15) is 14.3 Å². The molecule has 0 saturated heterocycles. The average Bonchev–Trinajstić information content (AvgIpc) is 2.26. The van der Waals surface area contributed by atoms with Gasteiger partial charge in [0.1, 0.15) is 11.6 Å². The lowest BCUT2D eigenvalue weighted by molar-refractivity contribution is -0.124. The van der Waals surface area contributed by atoms with Crippen LogP contribution in [0.4, 0.5) is 4.39 Å². The largest absolute Gasteiger partial charge is 0.480 e. The lowest BCUT2D eigenvalue weighted by Gasteiger charge is -2.18. The first-order valence-corrected chi connectivity index (χ1v) is 5.39. The molecule has 5 heteroatoms. The minimum Gasteiger partial charge on any atom is -0.480 e. The van der Waals surface area contributed by atoms with Gasteiger partial charge in [0.15, 0.2) is 6.10 Å². The molecule has 94 valence electrons. The summed E-state index contributed by atoms with van der Waals surface area (Å²) in [6, 6.07) is 3.76. The molecule has 0 fully saturated rings. The van der Waals surface area contributed by atoms with Crippen LogP contribution >= 0.6 is 0 Å². The Kier molecular flexibility index (Phi) is 4.45. The second-order valence-corrected chi connectivity index (χ2v) is 3.78. The Bertz CT molecular complexity index is 407. The number of halogens is 1. The molecule has 1 aromatic carbocycles. The molecule has 0 aliphatic carbocycles. The highest BCUT2D eigenvalue weighted by molar-refractivity contribution is 5.79. The first-order chi connectivity index (χ1) is 7.95. The lowest BCUT2D eigenvalue weighted by atomic mass is 10.1. The lowest BCUT2D eigenvalue weighted by Crippen LogP contribution is -2.33. The standard InChI is InChI=1S/C12H16FNO3/c1-3-10(12(14)16)17-11-5-4-8(13)6-9(11)7(2)15/h4-7,10,15H,3H2,1-2H3,(H2,14,16)/t7-,10?/m1/s1. The van der Waals surface area contributed by atoms with Crippen LogP contribution in [0, 0.1) is 5.82 Å². The number of hydrogen-bond donors (Lipinski definition) is 2. The second kappa shape index (κ2) is 5.63. The molecule has 2 atom stereocenters. The number of carbonyl (C=O) groups is 1. The average molecular weight is 241 g/mol. The number of rotatable bonds is 5. The molecule has 0 spiro atoms. The van der Waals surface area contributed by atoms with Gasteiger partial charge >= 0.3 is 0 Å². The zero-order chi connectivity index (χ0) is 13.0. The van der Waals surface area contributed by atoms with Crippen LogP contribution in [-0.4, -0.2) is 17.1 Å². The van der Waals surface area contributed by atoms with E-state index in [0.29, 0.717) is 12.0 Å². The predicted molar refractivity (Wildman–Crippen MR) is 60.9 cm³/mol. The molecular weight excluding hydrogens is 225 g/mol. The summed E-state index contributed by atoms with van der Waals surface area (Å²) in [6.07, 6.45) is -1.25. The fourth-order valence-corrected chi connectivity index (χ4v) is 1.45. The third-order valence-electron chi connectivity index (χ3n) is 2.38. The van der Waals surface area contributed by atoms with Crippen LogP contribution in [-0.2, 0) is 4.79 Å². The van der Waals surface area contributed by atoms with Crippen molar-refractivity contribution in [3.63, 3.8) is 0 Å². The highest BCUT2D eigenvalue weighted by atomic mass is 19.1. The topological polar surface area (TPSA) is 72.6 Å². The van der Waals surface area contributed by atoms with E-state index in [1.807, 2.05) is 0 Å². The minimum absolute atomic E-state index is 0.270. The monoisotopic (exact) mass is 241 g/mol. The van der Waals surface area contributed by atoms with Crippen LogP contribution in [0.15, 0.2) is 18.2 Å². The summed E-state index contributed by atoms with van der Waals surface area (Å²) < 4.78 is 18.4. The number of amides is 1. The molecule has 3 N–H and O–H groups in total. The van der Waals surface area contributed by atoms with Gasteiger partial charge in [-0.05, 0) is 31.5 Å². The molecule has 1 aromatic rings. The maximum atomic E-state index is 13.0. The van der Waals surface area contributed by atoms with E-state index in [0.717, 1.165) is 0 Å². The number of ether oxygens (including phenoxy) is 1. The molecule has 1 amide bonds. The van der Waals surface area contributed by atoms with Crippen LogP contribution in [0.3, 0.4) is 0 Å². The first-order valence-electron chi connectivity index (χ1n) is 5.39. The number of nitrogens with two attached hydrogens (primary N) is 1. The van der Waals surface area contributed by atoms with Gasteiger partial charge in [0.05, 0.1) is 6.10 Å². The number of benzene rings is 1. The summed E-state index contributed by atoms with van der Waals surface area (Å²) in [5.74, 6) is -0.791. The maximum absolute atomic E-state index is 13.0. The molecule has 1 unspecified atom stereocenters. The molecule has 0 aliphatic heterocycles. The van der Waals surface area contributed by atoms with E-state index >= 15 is 0 Å². The van der Waals surface area contributed by atoms with Crippen molar-refractivity contribution in [3.8, 4) is 5.75 Å². The molecule has 0 bridgehead atoms. The molecular formula is C12H16FNO3. The highest BCUT2D eigenvalue weighted by Gasteiger charge is 2.18. The number of carbonyl (C=O) groups excluding carboxylic acids is 1. The summed E-state index contributed by atoms with van der Waals surface area (Å²) >= 11 is 0. The smallest absolute Gasteiger partial charge is 0.258 e. The van der Waals surface area contributed by atoms with Crippen molar-refractivity contribution in [1.29, 1.82) is 0 Å². The number of primary amides is 1. The number of aliphatic hydroxyl groups excluding tert-OH is 1. The first kappa shape index (κ1) is 13.4. The van der Waals surface area contributed by atoms with Gasteiger partial charge < -0.3 is 15.6 Å². The van der Waals surface area contributed by atoms with Crippen LogP contribution in [0.2, 0.25) is 0 Å². The van der Waals surface area contributed by atoms with Crippen molar-refractivity contribution >= 4 is 5.91 Å². The molecule has 4 nitrogen and oxygen atoms in total. The van der Waals surface area contributed by atoms with Crippen molar-refractivity contribution in [2.24, 2.45) is 5.73 Å². The van der Waals surface area contributed by atoms with Gasteiger partial charge in [0, 0.05) is 5.56 Å². The SMILES string of the molecule is CCC(Oc1ccc(F)cc1[C@@H](C)O)C(N)=O. The van der Waals surface area contributed by atoms with E-state index in [2.05, 4.69) is 0 Å². The molecule has 0 aromatic heterocycles. The Morgan fingerprint density at radius 1 is 1.59 bits per heavy atom. The van der Waals surface area contributed by atoms with Crippen molar-refractivity contribution in [2.75, 3.05) is 0 Å². The Hall–Kier alpha value is -1.62. The Balaban J connectivity index is 3.01. The fraction of sp³-hybridized carbons (Fsp3) is 0.417. The Morgan fingerprint density at radius 2 is 2.24 bits per heavy atom. The van der Waals surface area contributed by atoms with Crippen molar-refractivity contribution in [2.45, 2.75) is 32.5 Å². The Morgan fingerprint density at radius 3 is 2.71 bits per heavy atom. The predicted octanol–water partition coefficient (Wildman–Crippen LogP) is 1.52. The van der Waals surface area contributed by atoms with Crippen LogP contribution in [0.1, 0.15) is 31.9 Å². The molecule has 0 saturated carbocycles. The van der Waals surface area contributed by atoms with E-state index < -0.39 is 23.9 Å². The van der Waals surface area contributed by atoms with E-state index in [1.165, 1.54) is 25.1 Å². The summed E-state index contributed by atoms with van der Waals surface area (Å²) in [7, 11) is 0. The van der Waals surface area contributed by atoms with E-state index in [-0.39, 0.29) is 5.75 Å². The van der Waals surface area contributed by atoms with E-state index in [4.69, 9.17) is 10.5 Å². The minimum atomic E-state index is -0.883. The van der Waals surface area contributed by atoms with Gasteiger partial charge in [-0.25, -0.2) is 4.39 Å². The summed E-state index contributed by atoms with van der Waals surface area (Å²) in [4.78, 5) is 11.0. The maximum Gasteiger partial charge on any atom is 0.258 e.